The lowest BCUT2D eigenvalue weighted by molar-refractivity contribution is 0.177. The van der Waals surface area contributed by atoms with Crippen LogP contribution >= 0.6 is 0 Å². The van der Waals surface area contributed by atoms with Crippen LogP contribution in [0.1, 0.15) is 25.1 Å². The predicted octanol–water partition coefficient (Wildman–Crippen LogP) is 1.62. The van der Waals surface area contributed by atoms with Crippen molar-refractivity contribution < 1.29 is 9.47 Å². The van der Waals surface area contributed by atoms with E-state index in [2.05, 4.69) is 14.9 Å². The third-order valence-electron chi connectivity index (χ3n) is 2.94. The van der Waals surface area contributed by atoms with E-state index in [0.717, 1.165) is 24.7 Å². The summed E-state index contributed by atoms with van der Waals surface area (Å²) < 4.78 is 10.4. The van der Waals surface area contributed by atoms with Crippen molar-refractivity contribution in [3.05, 3.63) is 12.0 Å². The van der Waals surface area contributed by atoms with Gasteiger partial charge in [-0.15, -0.1) is 0 Å². The molecule has 1 aromatic heterocycles. The molecule has 2 heterocycles. The number of ether oxygens (including phenoxy) is 2. The molecule has 94 valence electrons. The van der Waals surface area contributed by atoms with Crippen LogP contribution in [0, 0.1) is 0 Å². The van der Waals surface area contributed by atoms with E-state index in [1.54, 1.807) is 20.4 Å². The molecule has 0 bridgehead atoms. The van der Waals surface area contributed by atoms with Crippen molar-refractivity contribution in [2.24, 2.45) is 0 Å². The summed E-state index contributed by atoms with van der Waals surface area (Å²) in [6.07, 6.45) is 5.46. The molecule has 5 nitrogen and oxygen atoms in total. The van der Waals surface area contributed by atoms with Crippen molar-refractivity contribution in [1.82, 2.24) is 9.97 Å². The molecular weight excluding hydrogens is 218 g/mol. The van der Waals surface area contributed by atoms with Crippen molar-refractivity contribution >= 4 is 5.82 Å². The molecule has 1 fully saturated rings. The van der Waals surface area contributed by atoms with Gasteiger partial charge in [0, 0.05) is 20.2 Å². The molecule has 2 rings (SSSR count). The smallest absolute Gasteiger partial charge is 0.179 e. The van der Waals surface area contributed by atoms with Crippen molar-refractivity contribution in [2.75, 3.05) is 32.2 Å². The molecule has 0 amide bonds. The van der Waals surface area contributed by atoms with Crippen LogP contribution in [0.4, 0.5) is 5.82 Å². The van der Waals surface area contributed by atoms with Crippen LogP contribution in [0.25, 0.3) is 0 Å². The molecule has 1 saturated heterocycles. The van der Waals surface area contributed by atoms with E-state index in [1.807, 2.05) is 0 Å². The average molecular weight is 237 g/mol. The molecule has 0 atom stereocenters. The van der Waals surface area contributed by atoms with Gasteiger partial charge >= 0.3 is 0 Å². The van der Waals surface area contributed by atoms with Crippen molar-refractivity contribution in [3.63, 3.8) is 0 Å². The molecule has 0 radical (unpaired) electrons. The minimum absolute atomic E-state index is 0.435. The molecule has 0 unspecified atom stereocenters. The Hall–Kier alpha value is -1.36. The highest BCUT2D eigenvalue weighted by atomic mass is 16.5. The van der Waals surface area contributed by atoms with E-state index in [-0.39, 0.29) is 0 Å². The molecule has 0 spiro atoms. The molecule has 5 heteroatoms. The number of anilines is 1. The largest absolute Gasteiger partial charge is 0.491 e. The van der Waals surface area contributed by atoms with Crippen LogP contribution in [0.2, 0.25) is 0 Å². The summed E-state index contributed by atoms with van der Waals surface area (Å²) in [7, 11) is 3.30. The Labute approximate surface area is 102 Å². The lowest BCUT2D eigenvalue weighted by atomic mass is 10.1. The van der Waals surface area contributed by atoms with Crippen LogP contribution in [0.3, 0.4) is 0 Å². The van der Waals surface area contributed by atoms with Gasteiger partial charge in [-0.3, -0.25) is 0 Å². The topological polar surface area (TPSA) is 47.5 Å². The number of piperidine rings is 1. The highest BCUT2D eigenvalue weighted by Crippen LogP contribution is 2.27. The zero-order valence-corrected chi connectivity index (χ0v) is 10.5. The SMILES string of the molecule is COCc1ncc(OC)c(N2CCCCC2)n1. The Bertz CT molecular complexity index is 365. The second-order valence-corrected chi connectivity index (χ2v) is 4.16. The fraction of sp³-hybridized carbons (Fsp3) is 0.667. The van der Waals surface area contributed by atoms with E-state index in [0.29, 0.717) is 12.4 Å². The van der Waals surface area contributed by atoms with E-state index in [1.165, 1.54) is 19.3 Å². The fourth-order valence-corrected chi connectivity index (χ4v) is 2.07. The number of aromatic nitrogens is 2. The molecule has 0 saturated carbocycles. The van der Waals surface area contributed by atoms with Crippen LogP contribution < -0.4 is 9.64 Å². The Morgan fingerprint density at radius 2 is 2.00 bits per heavy atom. The summed E-state index contributed by atoms with van der Waals surface area (Å²) >= 11 is 0. The van der Waals surface area contributed by atoms with Crippen molar-refractivity contribution in [3.8, 4) is 5.75 Å². The zero-order chi connectivity index (χ0) is 12.1. The van der Waals surface area contributed by atoms with Gasteiger partial charge in [0.2, 0.25) is 0 Å². The first-order valence-electron chi connectivity index (χ1n) is 5.99. The molecule has 1 aliphatic heterocycles. The van der Waals surface area contributed by atoms with Gasteiger partial charge in [-0.25, -0.2) is 9.97 Å². The highest BCUT2D eigenvalue weighted by Gasteiger charge is 2.17. The minimum Gasteiger partial charge on any atom is -0.491 e. The summed E-state index contributed by atoms with van der Waals surface area (Å²) in [6.45, 7) is 2.52. The first-order chi connectivity index (χ1) is 8.35. The van der Waals surface area contributed by atoms with E-state index < -0.39 is 0 Å². The summed E-state index contributed by atoms with van der Waals surface area (Å²) in [4.78, 5) is 11.0. The summed E-state index contributed by atoms with van der Waals surface area (Å²) in [5, 5.41) is 0. The Balaban J connectivity index is 2.24. The molecule has 0 aromatic carbocycles. The van der Waals surface area contributed by atoms with Gasteiger partial charge in [0.1, 0.15) is 6.61 Å². The number of hydrogen-bond donors (Lipinski definition) is 0. The van der Waals surface area contributed by atoms with E-state index in [4.69, 9.17) is 9.47 Å². The molecule has 0 aliphatic carbocycles. The molecular formula is C12H19N3O2. The van der Waals surface area contributed by atoms with Gasteiger partial charge in [0.25, 0.3) is 0 Å². The number of rotatable bonds is 4. The Morgan fingerprint density at radius 1 is 1.24 bits per heavy atom. The standard InChI is InChI=1S/C12H19N3O2/c1-16-9-11-13-8-10(17-2)12(14-11)15-6-4-3-5-7-15/h8H,3-7,9H2,1-2H3. The van der Waals surface area contributed by atoms with Gasteiger partial charge in [0.15, 0.2) is 17.4 Å². The van der Waals surface area contributed by atoms with Gasteiger partial charge in [-0.2, -0.15) is 0 Å². The maximum absolute atomic E-state index is 5.32. The second-order valence-electron chi connectivity index (χ2n) is 4.16. The first kappa shape index (κ1) is 12.1. The lowest BCUT2D eigenvalue weighted by Crippen LogP contribution is -2.30. The van der Waals surface area contributed by atoms with E-state index >= 15 is 0 Å². The van der Waals surface area contributed by atoms with Crippen LogP contribution in [-0.4, -0.2) is 37.3 Å². The Kier molecular flexibility index (Phi) is 4.14. The molecule has 17 heavy (non-hydrogen) atoms. The van der Waals surface area contributed by atoms with E-state index in [9.17, 15) is 0 Å². The van der Waals surface area contributed by atoms with Crippen molar-refractivity contribution in [2.45, 2.75) is 25.9 Å². The Morgan fingerprint density at radius 3 is 2.65 bits per heavy atom. The van der Waals surface area contributed by atoms with Crippen LogP contribution in [0.5, 0.6) is 5.75 Å². The summed E-state index contributed by atoms with van der Waals surface area (Å²) in [5.41, 5.74) is 0. The third-order valence-corrected chi connectivity index (χ3v) is 2.94. The van der Waals surface area contributed by atoms with Crippen LogP contribution in [0.15, 0.2) is 6.20 Å². The van der Waals surface area contributed by atoms with Crippen molar-refractivity contribution in [1.29, 1.82) is 0 Å². The zero-order valence-electron chi connectivity index (χ0n) is 10.5. The van der Waals surface area contributed by atoms with Gasteiger partial charge in [-0.1, -0.05) is 0 Å². The fourth-order valence-electron chi connectivity index (χ4n) is 2.07. The van der Waals surface area contributed by atoms with Gasteiger partial charge < -0.3 is 14.4 Å². The molecule has 1 aromatic rings. The normalized spacial score (nSPS) is 16.0. The molecule has 0 N–H and O–H groups in total. The summed E-state index contributed by atoms with van der Waals surface area (Å²) in [5.74, 6) is 2.34. The highest BCUT2D eigenvalue weighted by molar-refractivity contribution is 5.51. The average Bonchev–Trinajstić information content (AvgIpc) is 2.40. The number of hydrogen-bond acceptors (Lipinski definition) is 5. The van der Waals surface area contributed by atoms with Gasteiger partial charge in [0.05, 0.1) is 13.3 Å². The lowest BCUT2D eigenvalue weighted by Gasteiger charge is -2.28. The number of nitrogens with zero attached hydrogens (tertiary/aromatic N) is 3. The predicted molar refractivity (Wildman–Crippen MR) is 65.4 cm³/mol. The summed E-state index contributed by atoms with van der Waals surface area (Å²) in [6, 6.07) is 0. The maximum atomic E-state index is 5.32. The third kappa shape index (κ3) is 2.85. The second kappa shape index (κ2) is 5.82. The maximum Gasteiger partial charge on any atom is 0.179 e. The van der Waals surface area contributed by atoms with Gasteiger partial charge in [-0.05, 0) is 19.3 Å². The minimum atomic E-state index is 0.435. The monoisotopic (exact) mass is 237 g/mol. The quantitative estimate of drug-likeness (QED) is 0.796. The number of methoxy groups -OCH3 is 2. The first-order valence-corrected chi connectivity index (χ1v) is 5.99. The molecule has 1 aliphatic rings. The van der Waals surface area contributed by atoms with Crippen LogP contribution in [-0.2, 0) is 11.3 Å².